The smallest absolute Gasteiger partial charge is 0.155 e. The van der Waals surface area contributed by atoms with Crippen LogP contribution in [-0.4, -0.2) is 18.6 Å². The van der Waals surface area contributed by atoms with Crippen LogP contribution in [0.1, 0.15) is 18.1 Å². The maximum Gasteiger partial charge on any atom is 0.155 e. The summed E-state index contributed by atoms with van der Waals surface area (Å²) >= 11 is 0. The van der Waals surface area contributed by atoms with Crippen molar-refractivity contribution in [1.82, 2.24) is 4.98 Å². The highest BCUT2D eigenvalue weighted by atomic mass is 16.3. The van der Waals surface area contributed by atoms with Gasteiger partial charge in [-0.05, 0) is 44.0 Å². The number of benzene rings is 2. The van der Waals surface area contributed by atoms with E-state index in [-0.39, 0.29) is 0 Å². The molecule has 2 aliphatic rings. The Morgan fingerprint density at radius 3 is 2.67 bits per heavy atom. The minimum atomic E-state index is 0.760. The first-order valence-electron chi connectivity index (χ1n) is 7.16. The summed E-state index contributed by atoms with van der Waals surface area (Å²) in [6.07, 6.45) is 0. The Balaban J connectivity index is 2.34. The van der Waals surface area contributed by atoms with Crippen LogP contribution < -0.4 is 10.7 Å². The first kappa shape index (κ1) is 13.6. The van der Waals surface area contributed by atoms with Crippen LogP contribution in [0.15, 0.2) is 33.7 Å². The van der Waals surface area contributed by atoms with E-state index in [4.69, 9.17) is 9.40 Å². The first-order valence-corrected chi connectivity index (χ1v) is 7.16. The van der Waals surface area contributed by atoms with Crippen LogP contribution in [0.5, 0.6) is 0 Å². The molecule has 1 aromatic carbocycles. The van der Waals surface area contributed by atoms with E-state index in [0.29, 0.717) is 0 Å². The zero-order chi connectivity index (χ0) is 15.0. The third-order valence-electron chi connectivity index (χ3n) is 3.64. The number of aromatic nitrogens is 1. The lowest BCUT2D eigenvalue weighted by Gasteiger charge is -2.10. The lowest BCUT2D eigenvalue weighted by atomic mass is 10.1. The van der Waals surface area contributed by atoms with Gasteiger partial charge in [-0.1, -0.05) is 0 Å². The van der Waals surface area contributed by atoms with Crippen LogP contribution in [-0.2, 0) is 0 Å². The number of aryl methyl sites for hydroxylation is 2. The van der Waals surface area contributed by atoms with E-state index < -0.39 is 0 Å². The predicted molar refractivity (Wildman–Crippen MR) is 85.8 cm³/mol. The number of rotatable bonds is 2. The molecule has 4 heteroatoms. The molecular weight excluding hydrogens is 262 g/mol. The Morgan fingerprint density at radius 2 is 1.95 bits per heavy atom. The lowest BCUT2D eigenvalue weighted by Crippen LogP contribution is -2.08. The van der Waals surface area contributed by atoms with Crippen molar-refractivity contribution in [2.75, 3.05) is 18.9 Å². The number of nitrogens with zero attached hydrogens (tertiary/aromatic N) is 2. The van der Waals surface area contributed by atoms with Gasteiger partial charge in [0.05, 0.1) is 5.36 Å². The Kier molecular flexibility index (Phi) is 3.37. The van der Waals surface area contributed by atoms with Gasteiger partial charge in [-0.2, -0.15) is 0 Å². The fourth-order valence-electron chi connectivity index (χ4n) is 2.53. The highest BCUT2D eigenvalue weighted by molar-refractivity contribution is 5.81. The first-order chi connectivity index (χ1) is 10.1. The van der Waals surface area contributed by atoms with Gasteiger partial charge in [0, 0.05) is 31.4 Å². The van der Waals surface area contributed by atoms with Crippen molar-refractivity contribution in [2.45, 2.75) is 20.8 Å². The van der Waals surface area contributed by atoms with Crippen LogP contribution in [0, 0.1) is 13.8 Å². The van der Waals surface area contributed by atoms with E-state index in [1.807, 2.05) is 38.2 Å². The van der Waals surface area contributed by atoms with Gasteiger partial charge in [0.25, 0.3) is 0 Å². The fraction of sp³-hybridized carbons (Fsp3) is 0.294. The van der Waals surface area contributed by atoms with Crippen LogP contribution >= 0.6 is 0 Å². The van der Waals surface area contributed by atoms with Gasteiger partial charge in [-0.25, -0.2) is 4.98 Å². The molecule has 0 amide bonds. The Hall–Kier alpha value is -2.36. The van der Waals surface area contributed by atoms with Gasteiger partial charge in [0.15, 0.2) is 11.3 Å². The van der Waals surface area contributed by atoms with E-state index in [1.54, 1.807) is 0 Å². The molecule has 0 aromatic heterocycles. The molecule has 1 aromatic rings. The molecule has 3 rings (SSSR count). The summed E-state index contributed by atoms with van der Waals surface area (Å²) in [6, 6.07) is 8.05. The molecule has 4 nitrogen and oxygen atoms in total. The molecule has 0 atom stereocenters. The molecule has 0 saturated heterocycles. The molecule has 108 valence electrons. The second-order valence-corrected chi connectivity index (χ2v) is 5.18. The number of hydrogen-bond acceptors (Lipinski definition) is 4. The zero-order valence-electron chi connectivity index (χ0n) is 12.8. The van der Waals surface area contributed by atoms with Crippen molar-refractivity contribution in [1.29, 1.82) is 0 Å². The summed E-state index contributed by atoms with van der Waals surface area (Å²) in [5.41, 5.74) is 5.85. The van der Waals surface area contributed by atoms with Gasteiger partial charge < -0.3 is 9.73 Å². The van der Waals surface area contributed by atoms with E-state index in [1.165, 1.54) is 0 Å². The molecule has 0 fully saturated rings. The number of anilines is 1. The maximum atomic E-state index is 6.02. The van der Waals surface area contributed by atoms with Crippen molar-refractivity contribution in [3.05, 3.63) is 40.7 Å². The van der Waals surface area contributed by atoms with Crippen molar-refractivity contribution < 1.29 is 4.42 Å². The number of nitrogens with one attached hydrogen (secondary N) is 1. The zero-order valence-corrected chi connectivity index (χ0v) is 12.8. The number of hydrogen-bond donors (Lipinski definition) is 1. The molecule has 1 aliphatic heterocycles. The van der Waals surface area contributed by atoms with E-state index >= 15 is 0 Å². The summed E-state index contributed by atoms with van der Waals surface area (Å²) < 4.78 is 6.02. The standard InChI is InChI=1S/C17H19N3O/c1-5-19-13-9-17-15(7-11(13)3)20-14-6-10(2)12(18-4)8-16(14)21-17/h6-9,18H,5H2,1-4H3. The van der Waals surface area contributed by atoms with E-state index in [2.05, 4.69) is 24.2 Å². The van der Waals surface area contributed by atoms with Crippen molar-refractivity contribution in [3.63, 3.8) is 0 Å². The molecule has 0 bridgehead atoms. The third-order valence-corrected chi connectivity index (χ3v) is 3.64. The second kappa shape index (κ2) is 5.20. The molecule has 1 N–H and O–H groups in total. The summed E-state index contributed by atoms with van der Waals surface area (Å²) in [4.78, 5) is 9.20. The second-order valence-electron chi connectivity index (χ2n) is 5.18. The van der Waals surface area contributed by atoms with Gasteiger partial charge in [0.1, 0.15) is 11.2 Å². The predicted octanol–water partition coefficient (Wildman–Crippen LogP) is 3.51. The van der Waals surface area contributed by atoms with E-state index in [0.717, 1.165) is 51.3 Å². The largest absolute Gasteiger partial charge is 0.453 e. The summed E-state index contributed by atoms with van der Waals surface area (Å²) in [7, 11) is 1.91. The molecular formula is C17H19N3O. The van der Waals surface area contributed by atoms with Crippen LogP contribution in [0.2, 0.25) is 0 Å². The SMILES string of the molecule is CCN=c1cc2oc3cc(NC)c(C)cc3nc-2cc1C. The van der Waals surface area contributed by atoms with Crippen molar-refractivity contribution in [3.8, 4) is 11.5 Å². The van der Waals surface area contributed by atoms with E-state index in [9.17, 15) is 0 Å². The van der Waals surface area contributed by atoms with Crippen molar-refractivity contribution in [2.24, 2.45) is 4.99 Å². The molecule has 1 heterocycles. The highest BCUT2D eigenvalue weighted by Gasteiger charge is 2.11. The summed E-state index contributed by atoms with van der Waals surface area (Å²) in [5.74, 6) is 0.770. The number of fused-ring (bicyclic) bond motifs is 2. The van der Waals surface area contributed by atoms with Gasteiger partial charge >= 0.3 is 0 Å². The van der Waals surface area contributed by atoms with Crippen molar-refractivity contribution >= 4 is 16.8 Å². The highest BCUT2D eigenvalue weighted by Crippen LogP contribution is 2.28. The average molecular weight is 281 g/mol. The molecule has 21 heavy (non-hydrogen) atoms. The average Bonchev–Trinajstić information content (AvgIpc) is 2.46. The van der Waals surface area contributed by atoms with Crippen LogP contribution in [0.3, 0.4) is 0 Å². The van der Waals surface area contributed by atoms with Gasteiger partial charge in [-0.3, -0.25) is 4.99 Å². The molecule has 0 spiro atoms. The minimum absolute atomic E-state index is 0.760. The van der Waals surface area contributed by atoms with Crippen LogP contribution in [0.4, 0.5) is 5.69 Å². The fourth-order valence-corrected chi connectivity index (χ4v) is 2.53. The maximum absolute atomic E-state index is 6.02. The van der Waals surface area contributed by atoms with Gasteiger partial charge in [0.2, 0.25) is 0 Å². The van der Waals surface area contributed by atoms with Gasteiger partial charge in [-0.15, -0.1) is 0 Å². The third kappa shape index (κ3) is 2.37. The summed E-state index contributed by atoms with van der Waals surface area (Å²) in [6.45, 7) is 6.90. The Bertz CT molecular complexity index is 849. The normalized spacial score (nSPS) is 12.3. The van der Waals surface area contributed by atoms with Crippen LogP contribution in [0.25, 0.3) is 22.6 Å². The minimum Gasteiger partial charge on any atom is -0.453 e. The Morgan fingerprint density at radius 1 is 1.14 bits per heavy atom. The quantitative estimate of drug-likeness (QED) is 0.731. The monoisotopic (exact) mass is 281 g/mol. The molecule has 0 radical (unpaired) electrons. The molecule has 0 unspecified atom stereocenters. The molecule has 1 aliphatic carbocycles. The lowest BCUT2D eigenvalue weighted by molar-refractivity contribution is 0.611. The summed E-state index contributed by atoms with van der Waals surface area (Å²) in [5, 5.41) is 4.14. The molecule has 0 saturated carbocycles. The topological polar surface area (TPSA) is 50.4 Å². The Labute approximate surface area is 123 Å².